The van der Waals surface area contributed by atoms with E-state index in [2.05, 4.69) is 15.0 Å². The Bertz CT molecular complexity index is 1150. The molecule has 3 rings (SSSR count). The molecule has 3 atom stereocenters. The number of rotatable bonds is 5. The molecule has 1 amide bonds. The zero-order chi connectivity index (χ0) is 26.6. The Morgan fingerprint density at radius 3 is 2.56 bits per heavy atom. The minimum Gasteiger partial charge on any atom is -0.443 e. The molecule has 0 saturated carbocycles. The van der Waals surface area contributed by atoms with Crippen LogP contribution in [0.2, 0.25) is 0 Å². The molecule has 11 heteroatoms. The van der Waals surface area contributed by atoms with Crippen molar-refractivity contribution in [3.63, 3.8) is 0 Å². The molecule has 2 heterocycles. The van der Waals surface area contributed by atoms with Crippen LogP contribution in [-0.4, -0.2) is 36.4 Å². The summed E-state index contributed by atoms with van der Waals surface area (Å²) in [6.07, 6.45) is 3.89. The number of hydrogen-bond donors (Lipinski definition) is 0. The fourth-order valence-corrected chi connectivity index (χ4v) is 4.90. The van der Waals surface area contributed by atoms with Crippen LogP contribution in [0.4, 0.5) is 17.5 Å². The van der Waals surface area contributed by atoms with Gasteiger partial charge in [-0.1, -0.05) is 38.6 Å². The minimum absolute atomic E-state index is 0.0717. The van der Waals surface area contributed by atoms with Gasteiger partial charge >= 0.3 is 6.09 Å². The van der Waals surface area contributed by atoms with Gasteiger partial charge in [0, 0.05) is 17.0 Å². The molecule has 36 heavy (non-hydrogen) atoms. The summed E-state index contributed by atoms with van der Waals surface area (Å²) in [6.45, 7) is 10.7. The molecule has 2 aromatic rings. The lowest BCUT2D eigenvalue weighted by Crippen LogP contribution is -2.38. The first-order valence-electron chi connectivity index (χ1n) is 11.5. The van der Waals surface area contributed by atoms with Gasteiger partial charge in [0.05, 0.1) is 17.9 Å². The van der Waals surface area contributed by atoms with Crippen molar-refractivity contribution >= 4 is 47.3 Å². The van der Waals surface area contributed by atoms with Gasteiger partial charge in [-0.25, -0.2) is 13.6 Å². The second kappa shape index (κ2) is 11.7. The average Bonchev–Trinajstić information content (AvgIpc) is 2.82. The van der Waals surface area contributed by atoms with Gasteiger partial charge in [-0.15, -0.1) is 3.89 Å². The molecule has 0 fully saturated rings. The van der Waals surface area contributed by atoms with E-state index in [9.17, 15) is 17.5 Å². The number of ether oxygens (including phenoxy) is 1. The van der Waals surface area contributed by atoms with Gasteiger partial charge in [-0.3, -0.25) is 15.0 Å². The van der Waals surface area contributed by atoms with Crippen molar-refractivity contribution in [1.82, 2.24) is 14.3 Å². The predicted molar refractivity (Wildman–Crippen MR) is 140 cm³/mol. The summed E-state index contributed by atoms with van der Waals surface area (Å²) in [7, 11) is 0. The van der Waals surface area contributed by atoms with Gasteiger partial charge in [-0.2, -0.15) is 4.31 Å². The van der Waals surface area contributed by atoms with E-state index in [0.717, 1.165) is 10.00 Å². The Balaban J connectivity index is 1.96. The number of carbonyl (C=O) groups is 1. The molecule has 0 N–H and O–H groups in total. The van der Waals surface area contributed by atoms with E-state index in [1.165, 1.54) is 48.4 Å². The number of halogens is 3. The van der Waals surface area contributed by atoms with E-state index in [-0.39, 0.29) is 39.9 Å². The Morgan fingerprint density at radius 2 is 1.97 bits per heavy atom. The van der Waals surface area contributed by atoms with E-state index < -0.39 is 29.4 Å². The van der Waals surface area contributed by atoms with Crippen LogP contribution in [-0.2, 0) is 11.2 Å². The molecule has 0 spiro atoms. The van der Waals surface area contributed by atoms with Crippen molar-refractivity contribution in [2.24, 2.45) is 10.9 Å². The maximum atomic E-state index is 15.0. The second-order valence-corrected chi connectivity index (χ2v) is 11.2. The van der Waals surface area contributed by atoms with E-state index in [0.29, 0.717) is 12.0 Å². The topological polar surface area (TPSA) is 67.7 Å². The van der Waals surface area contributed by atoms with Crippen LogP contribution < -0.4 is 0 Å². The number of aliphatic imine (C=N–C) groups is 1. The lowest BCUT2D eigenvalue weighted by molar-refractivity contribution is 0.0473. The number of aromatic nitrogens is 2. The number of thioether (sulfide) groups is 1. The molecular formula is C25H29F3N4O2S2. The quantitative estimate of drug-likeness (QED) is 0.366. The Hall–Kier alpha value is -2.53. The normalized spacial score (nSPS) is 20.6. The maximum absolute atomic E-state index is 15.0. The molecule has 0 aliphatic carbocycles. The van der Waals surface area contributed by atoms with Crippen molar-refractivity contribution in [2.45, 2.75) is 64.9 Å². The highest BCUT2D eigenvalue weighted by atomic mass is 32.2. The molecular weight excluding hydrogens is 509 g/mol. The maximum Gasteiger partial charge on any atom is 0.428 e. The number of hydrogen-bond acceptors (Lipinski definition) is 7. The first kappa shape index (κ1) is 28.0. The van der Waals surface area contributed by atoms with E-state index in [4.69, 9.17) is 4.74 Å². The van der Waals surface area contributed by atoms with Crippen LogP contribution in [0.5, 0.6) is 0 Å². The highest BCUT2D eigenvalue weighted by Crippen LogP contribution is 2.42. The molecule has 1 aliphatic heterocycles. The predicted octanol–water partition coefficient (Wildman–Crippen LogP) is 7.58. The summed E-state index contributed by atoms with van der Waals surface area (Å²) in [5, 5.41) is -0.0487. The third-order valence-electron chi connectivity index (χ3n) is 5.53. The Morgan fingerprint density at radius 1 is 1.25 bits per heavy atom. The van der Waals surface area contributed by atoms with Crippen LogP contribution in [0.15, 0.2) is 35.6 Å². The smallest absolute Gasteiger partial charge is 0.428 e. The first-order valence-corrected chi connectivity index (χ1v) is 13.0. The van der Waals surface area contributed by atoms with Gasteiger partial charge in [0.1, 0.15) is 17.1 Å². The van der Waals surface area contributed by atoms with Gasteiger partial charge in [0.25, 0.3) is 0 Å². The number of nitrogens with zero attached hydrogens (tertiary/aromatic N) is 4. The van der Waals surface area contributed by atoms with Crippen molar-refractivity contribution in [3.05, 3.63) is 58.9 Å². The summed E-state index contributed by atoms with van der Waals surface area (Å²) in [4.78, 5) is 25.3. The monoisotopic (exact) mass is 538 g/mol. The summed E-state index contributed by atoms with van der Waals surface area (Å²) in [5.41, 5.74) is 0.608. The molecule has 1 aliphatic rings. The summed E-state index contributed by atoms with van der Waals surface area (Å²) in [6, 6.07) is 3.47. The summed E-state index contributed by atoms with van der Waals surface area (Å²) < 4.78 is 49.7. The Labute approximate surface area is 218 Å². The zero-order valence-electron chi connectivity index (χ0n) is 21.0. The molecule has 0 bridgehead atoms. The molecule has 6 nitrogen and oxygen atoms in total. The lowest BCUT2D eigenvalue weighted by Gasteiger charge is -2.34. The molecule has 1 aromatic carbocycles. The molecule has 0 radical (unpaired) electrons. The van der Waals surface area contributed by atoms with Gasteiger partial charge < -0.3 is 4.74 Å². The van der Waals surface area contributed by atoms with Crippen LogP contribution in [0.25, 0.3) is 11.9 Å². The van der Waals surface area contributed by atoms with Crippen LogP contribution in [0.1, 0.15) is 70.1 Å². The summed E-state index contributed by atoms with van der Waals surface area (Å²) >= 11 is 0.889. The standard InChI is InChI=1S/C25H29F3N4O2S2/c1-7-17-12-30-21(13-29-17)20(27)11-16-8-9-19(26)18(10-16)22-14(2)15(3)35-23(31-22)32(36-28)24(33)34-25(4,5)6/h8-15,22H,7H2,1-6H3/b20-11-/t14-,15?,22?/m1/s1. The Kier molecular flexibility index (Phi) is 9.10. The number of benzene rings is 1. The van der Waals surface area contributed by atoms with Gasteiger partial charge in [0.15, 0.2) is 23.3 Å². The minimum atomic E-state index is -0.906. The highest BCUT2D eigenvalue weighted by Gasteiger charge is 2.37. The van der Waals surface area contributed by atoms with Crippen molar-refractivity contribution in [1.29, 1.82) is 0 Å². The van der Waals surface area contributed by atoms with Crippen molar-refractivity contribution in [2.75, 3.05) is 0 Å². The molecule has 0 saturated heterocycles. The van der Waals surface area contributed by atoms with Gasteiger partial charge in [0.2, 0.25) is 0 Å². The van der Waals surface area contributed by atoms with E-state index >= 15 is 0 Å². The van der Waals surface area contributed by atoms with Crippen molar-refractivity contribution in [3.8, 4) is 0 Å². The van der Waals surface area contributed by atoms with E-state index in [1.54, 1.807) is 20.8 Å². The lowest BCUT2D eigenvalue weighted by atomic mass is 9.91. The van der Waals surface area contributed by atoms with Gasteiger partial charge in [-0.05, 0) is 56.9 Å². The van der Waals surface area contributed by atoms with Crippen LogP contribution >= 0.6 is 24.1 Å². The van der Waals surface area contributed by atoms with Crippen LogP contribution in [0, 0.1) is 11.7 Å². The fourth-order valence-electron chi connectivity index (χ4n) is 3.45. The van der Waals surface area contributed by atoms with Crippen LogP contribution in [0.3, 0.4) is 0 Å². The molecule has 194 valence electrons. The fraction of sp³-hybridized carbons (Fsp3) is 0.440. The largest absolute Gasteiger partial charge is 0.443 e. The number of amides is 1. The molecule has 2 unspecified atom stereocenters. The highest BCUT2D eigenvalue weighted by molar-refractivity contribution is 8.15. The second-order valence-electron chi connectivity index (χ2n) is 9.40. The third kappa shape index (κ3) is 6.82. The van der Waals surface area contributed by atoms with Crippen molar-refractivity contribution < 1.29 is 22.2 Å². The first-order chi connectivity index (χ1) is 16.9. The zero-order valence-corrected chi connectivity index (χ0v) is 22.6. The summed E-state index contributed by atoms with van der Waals surface area (Å²) in [5.74, 6) is -1.30. The number of aryl methyl sites for hydroxylation is 1. The average molecular weight is 539 g/mol. The third-order valence-corrected chi connectivity index (χ3v) is 7.40. The number of carbonyl (C=O) groups excluding carboxylic acids is 1. The molecule has 1 aromatic heterocycles. The SMILES string of the molecule is CCc1cnc(/C(F)=C/c2ccc(F)c(C3N=C(N(SF)C(=O)OC(C)(C)C)SC(C)[C@H]3C)c2)cn1. The number of amidine groups is 1. The van der Waals surface area contributed by atoms with E-state index in [1.807, 2.05) is 20.8 Å².